The van der Waals surface area contributed by atoms with Gasteiger partial charge in [0.25, 0.3) is 5.91 Å². The van der Waals surface area contributed by atoms with E-state index in [1.165, 1.54) is 30.2 Å². The van der Waals surface area contributed by atoms with Crippen LogP contribution in [0.15, 0.2) is 60.9 Å². The number of aromatic nitrogens is 4. The van der Waals surface area contributed by atoms with Gasteiger partial charge in [-0.1, -0.05) is 30.3 Å². The van der Waals surface area contributed by atoms with Crippen LogP contribution in [0.5, 0.6) is 0 Å². The van der Waals surface area contributed by atoms with E-state index < -0.39 is 34.6 Å². The van der Waals surface area contributed by atoms with Crippen LogP contribution < -0.4 is 10.6 Å². The fourth-order valence-corrected chi connectivity index (χ4v) is 4.59. The smallest absolute Gasteiger partial charge is 0.376 e. The first kappa shape index (κ1) is 28.9. The number of carbonyl (C=O) groups excluding carboxylic acids is 2. The number of amides is 2. The second kappa shape index (κ2) is 12.1. The molecule has 9 nitrogen and oxygen atoms in total. The summed E-state index contributed by atoms with van der Waals surface area (Å²) in [6.45, 7) is 1.04. The standard InChI is InChI=1S/C29H26F4N6O3/c1-39-10-9-23(38-39)19-12-20(22(30)13-21(19)29(31,32)33)28(41)36-24-16-34-25(37-27(24)17-6-3-2-4-7-17)14-26(40)35-15-18-8-5-11-42-18/h2-4,6-7,9-10,12-13,16,18H,5,8,11,14-15H2,1H3,(H,35,40)(H,36,41). The Morgan fingerprint density at radius 3 is 2.60 bits per heavy atom. The molecule has 218 valence electrons. The molecule has 1 aliphatic heterocycles. The molecular formula is C29H26F4N6O3. The number of ether oxygens (including phenoxy) is 1. The highest BCUT2D eigenvalue weighted by Crippen LogP contribution is 2.38. The van der Waals surface area contributed by atoms with Crippen molar-refractivity contribution in [3.05, 3.63) is 83.7 Å². The van der Waals surface area contributed by atoms with E-state index in [0.29, 0.717) is 18.7 Å². The summed E-state index contributed by atoms with van der Waals surface area (Å²) in [5.41, 5.74) is -1.51. The number of hydrogen-bond acceptors (Lipinski definition) is 6. The van der Waals surface area contributed by atoms with Gasteiger partial charge in [-0.25, -0.2) is 14.4 Å². The van der Waals surface area contributed by atoms with E-state index in [2.05, 4.69) is 25.7 Å². The summed E-state index contributed by atoms with van der Waals surface area (Å²) in [4.78, 5) is 34.4. The Hall–Kier alpha value is -4.65. The Labute approximate surface area is 237 Å². The Bertz CT molecular complexity index is 1600. The van der Waals surface area contributed by atoms with Gasteiger partial charge in [0.2, 0.25) is 5.91 Å². The van der Waals surface area contributed by atoms with Crippen LogP contribution in [0.4, 0.5) is 23.2 Å². The molecule has 13 heteroatoms. The zero-order chi connectivity index (χ0) is 29.9. The van der Waals surface area contributed by atoms with Gasteiger partial charge >= 0.3 is 6.18 Å². The topological polar surface area (TPSA) is 111 Å². The van der Waals surface area contributed by atoms with Crippen LogP contribution in [-0.2, 0) is 29.2 Å². The van der Waals surface area contributed by atoms with Crippen molar-refractivity contribution in [2.75, 3.05) is 18.5 Å². The number of anilines is 1. The van der Waals surface area contributed by atoms with Gasteiger partial charge < -0.3 is 15.4 Å². The van der Waals surface area contributed by atoms with Crippen LogP contribution in [0.2, 0.25) is 0 Å². The first-order valence-electron chi connectivity index (χ1n) is 13.1. The van der Waals surface area contributed by atoms with Gasteiger partial charge in [-0.05, 0) is 31.0 Å². The second-order valence-corrected chi connectivity index (χ2v) is 9.73. The molecule has 1 atom stereocenters. The third kappa shape index (κ3) is 6.62. The average molecular weight is 583 g/mol. The molecule has 2 amide bonds. The van der Waals surface area contributed by atoms with Crippen LogP contribution in [0, 0.1) is 5.82 Å². The largest absolute Gasteiger partial charge is 0.417 e. The Kier molecular flexibility index (Phi) is 8.29. The summed E-state index contributed by atoms with van der Waals surface area (Å²) >= 11 is 0. The van der Waals surface area contributed by atoms with Crippen molar-refractivity contribution in [2.45, 2.75) is 31.5 Å². The van der Waals surface area contributed by atoms with E-state index in [4.69, 9.17) is 4.74 Å². The van der Waals surface area contributed by atoms with Crippen molar-refractivity contribution in [1.82, 2.24) is 25.1 Å². The van der Waals surface area contributed by atoms with Gasteiger partial charge in [-0.3, -0.25) is 14.3 Å². The maximum atomic E-state index is 15.0. The molecule has 3 heterocycles. The normalized spacial score (nSPS) is 15.0. The second-order valence-electron chi connectivity index (χ2n) is 9.73. The lowest BCUT2D eigenvalue weighted by Crippen LogP contribution is -2.33. The minimum absolute atomic E-state index is 0.0314. The van der Waals surface area contributed by atoms with Crippen LogP contribution >= 0.6 is 0 Å². The minimum atomic E-state index is -4.89. The Balaban J connectivity index is 1.43. The predicted octanol–water partition coefficient (Wildman–Crippen LogP) is 4.79. The van der Waals surface area contributed by atoms with Gasteiger partial charge in [0.1, 0.15) is 11.6 Å². The van der Waals surface area contributed by atoms with Crippen LogP contribution in [0.25, 0.3) is 22.5 Å². The lowest BCUT2D eigenvalue weighted by atomic mass is 9.99. The third-order valence-corrected chi connectivity index (χ3v) is 6.65. The molecule has 2 aromatic carbocycles. The van der Waals surface area contributed by atoms with Crippen molar-refractivity contribution in [1.29, 1.82) is 0 Å². The van der Waals surface area contributed by atoms with E-state index in [1.54, 1.807) is 30.3 Å². The van der Waals surface area contributed by atoms with Crippen molar-refractivity contribution in [2.24, 2.45) is 7.05 Å². The predicted molar refractivity (Wildman–Crippen MR) is 145 cm³/mol. The van der Waals surface area contributed by atoms with E-state index in [9.17, 15) is 27.2 Å². The fraction of sp³-hybridized carbons (Fsp3) is 0.276. The molecule has 2 N–H and O–H groups in total. The lowest BCUT2D eigenvalue weighted by molar-refractivity contribution is -0.137. The first-order chi connectivity index (χ1) is 20.1. The molecule has 1 aliphatic rings. The maximum absolute atomic E-state index is 15.0. The molecule has 42 heavy (non-hydrogen) atoms. The van der Waals surface area contributed by atoms with Crippen molar-refractivity contribution in [3.63, 3.8) is 0 Å². The monoisotopic (exact) mass is 582 g/mol. The third-order valence-electron chi connectivity index (χ3n) is 6.65. The van der Waals surface area contributed by atoms with Crippen LogP contribution in [0.1, 0.15) is 34.6 Å². The molecule has 1 saturated heterocycles. The van der Waals surface area contributed by atoms with E-state index >= 15 is 0 Å². The molecule has 0 bridgehead atoms. The summed E-state index contributed by atoms with van der Waals surface area (Å²) in [6, 6.07) is 11.1. The average Bonchev–Trinajstić information content (AvgIpc) is 3.64. The number of alkyl halides is 3. The molecule has 0 spiro atoms. The van der Waals surface area contributed by atoms with Crippen molar-refractivity contribution >= 4 is 17.5 Å². The maximum Gasteiger partial charge on any atom is 0.417 e. The summed E-state index contributed by atoms with van der Waals surface area (Å²) < 4.78 is 63.0. The molecule has 4 aromatic rings. The van der Waals surface area contributed by atoms with Crippen molar-refractivity contribution in [3.8, 4) is 22.5 Å². The zero-order valence-corrected chi connectivity index (χ0v) is 22.4. The van der Waals surface area contributed by atoms with Gasteiger partial charge in [0.05, 0.1) is 46.9 Å². The molecule has 2 aromatic heterocycles. The summed E-state index contributed by atoms with van der Waals surface area (Å²) in [7, 11) is 1.52. The number of rotatable bonds is 8. The van der Waals surface area contributed by atoms with Gasteiger partial charge in [0, 0.05) is 37.5 Å². The molecule has 0 radical (unpaired) electrons. The van der Waals surface area contributed by atoms with Gasteiger partial charge in [-0.2, -0.15) is 18.3 Å². The van der Waals surface area contributed by atoms with E-state index in [0.717, 1.165) is 18.9 Å². The minimum Gasteiger partial charge on any atom is -0.376 e. The molecule has 1 fully saturated rings. The molecular weight excluding hydrogens is 556 g/mol. The van der Waals surface area contributed by atoms with Crippen LogP contribution in [0.3, 0.4) is 0 Å². The molecule has 0 saturated carbocycles. The fourth-order valence-electron chi connectivity index (χ4n) is 4.59. The highest BCUT2D eigenvalue weighted by Gasteiger charge is 2.36. The number of nitrogens with zero attached hydrogens (tertiary/aromatic N) is 4. The lowest BCUT2D eigenvalue weighted by Gasteiger charge is -2.16. The highest BCUT2D eigenvalue weighted by atomic mass is 19.4. The van der Waals surface area contributed by atoms with Crippen LogP contribution in [-0.4, -0.2) is 50.8 Å². The van der Waals surface area contributed by atoms with Crippen molar-refractivity contribution < 1.29 is 31.9 Å². The molecule has 1 unspecified atom stereocenters. The van der Waals surface area contributed by atoms with E-state index in [-0.39, 0.29) is 47.4 Å². The van der Waals surface area contributed by atoms with Gasteiger partial charge in [-0.15, -0.1) is 0 Å². The molecule has 5 rings (SSSR count). The van der Waals surface area contributed by atoms with E-state index in [1.807, 2.05) is 0 Å². The SMILES string of the molecule is Cn1ccc(-c2cc(C(=O)Nc3cnc(CC(=O)NCC4CCCO4)nc3-c3ccccc3)c(F)cc2C(F)(F)F)n1. The Morgan fingerprint density at radius 2 is 1.93 bits per heavy atom. The molecule has 0 aliphatic carbocycles. The quantitative estimate of drug-likeness (QED) is 0.289. The highest BCUT2D eigenvalue weighted by molar-refractivity contribution is 6.06. The Morgan fingerprint density at radius 1 is 1.14 bits per heavy atom. The summed E-state index contributed by atoms with van der Waals surface area (Å²) in [6.07, 6.45) is -0.532. The summed E-state index contributed by atoms with van der Waals surface area (Å²) in [5, 5.41) is 9.32. The number of nitrogens with one attached hydrogen (secondary N) is 2. The first-order valence-corrected chi connectivity index (χ1v) is 13.1. The summed E-state index contributed by atoms with van der Waals surface area (Å²) in [5.74, 6) is -2.51. The number of halogens is 4. The zero-order valence-electron chi connectivity index (χ0n) is 22.4. The number of benzene rings is 2. The number of aryl methyl sites for hydroxylation is 1. The van der Waals surface area contributed by atoms with Gasteiger partial charge in [0.15, 0.2) is 0 Å². The number of carbonyl (C=O) groups is 2. The number of hydrogen-bond donors (Lipinski definition) is 2.